The Hall–Kier alpha value is -4.52. The number of hydrogen-bond acceptors (Lipinski definition) is 5. The Morgan fingerprint density at radius 3 is 2.33 bits per heavy atom. The molecule has 0 spiro atoms. The predicted molar refractivity (Wildman–Crippen MR) is 152 cm³/mol. The van der Waals surface area contributed by atoms with Gasteiger partial charge in [-0.15, -0.1) is 0 Å². The molecule has 2 N–H and O–H groups in total. The van der Waals surface area contributed by atoms with Crippen LogP contribution in [0, 0.1) is 6.92 Å². The van der Waals surface area contributed by atoms with Gasteiger partial charge < -0.3 is 19.6 Å². The van der Waals surface area contributed by atoms with Crippen molar-refractivity contribution in [2.75, 3.05) is 18.6 Å². The average molecular weight is 525 g/mol. The van der Waals surface area contributed by atoms with Crippen LogP contribution in [0.4, 0.5) is 5.69 Å². The standard InChI is InChI=1S/C32H32N2O5/c1-4-5-8-19-39-24-15-11-21(12-16-24)30(35)28-29(27-20(2)33-26-10-7-6-9-25(26)27)34(32(37)31(28)36)22-13-17-23(38-3)18-14-22/h6-7,9-18,29,33,35H,4-5,8,19H2,1-3H3/b30-28+. The van der Waals surface area contributed by atoms with Gasteiger partial charge in [-0.25, -0.2) is 0 Å². The first-order chi connectivity index (χ1) is 18.9. The van der Waals surface area contributed by atoms with Crippen LogP contribution >= 0.6 is 0 Å². The zero-order valence-electron chi connectivity index (χ0n) is 22.4. The molecule has 0 bridgehead atoms. The van der Waals surface area contributed by atoms with Crippen molar-refractivity contribution in [1.29, 1.82) is 0 Å². The lowest BCUT2D eigenvalue weighted by Gasteiger charge is -2.26. The smallest absolute Gasteiger partial charge is 0.300 e. The molecule has 1 saturated heterocycles. The minimum atomic E-state index is -0.834. The number of nitrogens with zero attached hydrogens (tertiary/aromatic N) is 1. The Bertz CT molecular complexity index is 1530. The second kappa shape index (κ2) is 11.1. The van der Waals surface area contributed by atoms with Gasteiger partial charge in [0.15, 0.2) is 0 Å². The normalized spacial score (nSPS) is 16.7. The molecule has 0 aliphatic carbocycles. The molecule has 1 atom stereocenters. The number of nitrogens with one attached hydrogen (secondary N) is 1. The van der Waals surface area contributed by atoms with Gasteiger partial charge >= 0.3 is 0 Å². The monoisotopic (exact) mass is 524 g/mol. The molecular formula is C32H32N2O5. The maximum Gasteiger partial charge on any atom is 0.300 e. The second-order valence-corrected chi connectivity index (χ2v) is 9.66. The Morgan fingerprint density at radius 2 is 1.64 bits per heavy atom. The van der Waals surface area contributed by atoms with Gasteiger partial charge in [0.05, 0.1) is 25.3 Å². The van der Waals surface area contributed by atoms with Gasteiger partial charge in [0.1, 0.15) is 17.3 Å². The molecule has 200 valence electrons. The van der Waals surface area contributed by atoms with Crippen molar-refractivity contribution >= 4 is 34.0 Å². The van der Waals surface area contributed by atoms with Gasteiger partial charge in [-0.2, -0.15) is 0 Å². The number of aromatic amines is 1. The van der Waals surface area contributed by atoms with Gasteiger partial charge in [-0.3, -0.25) is 14.5 Å². The van der Waals surface area contributed by atoms with E-state index in [9.17, 15) is 14.7 Å². The van der Waals surface area contributed by atoms with Gasteiger partial charge in [-0.05, 0) is 67.9 Å². The molecular weight excluding hydrogens is 492 g/mol. The number of para-hydroxylation sites is 1. The number of hydrogen-bond donors (Lipinski definition) is 2. The molecule has 5 rings (SSSR count). The van der Waals surface area contributed by atoms with Crippen LogP contribution in [0.2, 0.25) is 0 Å². The number of Topliss-reactive ketones (excluding diaryl/α,β-unsaturated/α-hetero) is 1. The quantitative estimate of drug-likeness (QED) is 0.110. The highest BCUT2D eigenvalue weighted by Crippen LogP contribution is 2.45. The number of aromatic nitrogens is 1. The number of carbonyl (C=O) groups excluding carboxylic acids is 2. The van der Waals surface area contributed by atoms with Gasteiger partial charge in [0.2, 0.25) is 0 Å². The van der Waals surface area contributed by atoms with E-state index in [1.54, 1.807) is 55.6 Å². The van der Waals surface area contributed by atoms with E-state index in [1.807, 2.05) is 31.2 Å². The first-order valence-electron chi connectivity index (χ1n) is 13.2. The van der Waals surface area contributed by atoms with Gasteiger partial charge in [0.25, 0.3) is 11.7 Å². The fraction of sp³-hybridized carbons (Fsp3) is 0.250. The highest BCUT2D eigenvalue weighted by molar-refractivity contribution is 6.52. The number of ether oxygens (including phenoxy) is 2. The van der Waals surface area contributed by atoms with E-state index < -0.39 is 17.7 Å². The highest BCUT2D eigenvalue weighted by atomic mass is 16.5. The highest BCUT2D eigenvalue weighted by Gasteiger charge is 2.48. The summed E-state index contributed by atoms with van der Waals surface area (Å²) in [6.07, 6.45) is 3.18. The molecule has 0 radical (unpaired) electrons. The lowest BCUT2D eigenvalue weighted by Crippen LogP contribution is -2.29. The van der Waals surface area contributed by atoms with Crippen molar-refractivity contribution in [3.8, 4) is 11.5 Å². The Labute approximate surface area is 227 Å². The summed E-state index contributed by atoms with van der Waals surface area (Å²) in [5, 5.41) is 12.4. The predicted octanol–water partition coefficient (Wildman–Crippen LogP) is 6.68. The number of ketones is 1. The Morgan fingerprint density at radius 1 is 0.949 bits per heavy atom. The zero-order valence-corrected chi connectivity index (χ0v) is 22.4. The number of aliphatic hydroxyl groups is 1. The zero-order chi connectivity index (χ0) is 27.5. The van der Waals surface area contributed by atoms with Gasteiger partial charge in [-0.1, -0.05) is 38.0 Å². The molecule has 3 aromatic carbocycles. The number of anilines is 1. The first kappa shape index (κ1) is 26.1. The Kier molecular flexibility index (Phi) is 7.41. The third kappa shape index (κ3) is 4.88. The van der Waals surface area contributed by atoms with E-state index in [2.05, 4.69) is 11.9 Å². The van der Waals surface area contributed by atoms with E-state index in [0.717, 1.165) is 41.4 Å². The van der Waals surface area contributed by atoms with Crippen LogP contribution in [0.1, 0.15) is 49.0 Å². The molecule has 0 saturated carbocycles. The number of aryl methyl sites for hydroxylation is 1. The molecule has 1 aromatic heterocycles. The molecule has 2 heterocycles. The number of aliphatic hydroxyl groups excluding tert-OH is 1. The number of rotatable bonds is 9. The summed E-state index contributed by atoms with van der Waals surface area (Å²) in [6.45, 7) is 4.67. The molecule has 1 amide bonds. The molecule has 39 heavy (non-hydrogen) atoms. The van der Waals surface area contributed by atoms with Crippen LogP contribution in [0.5, 0.6) is 11.5 Å². The third-order valence-corrected chi connectivity index (χ3v) is 7.16. The molecule has 1 unspecified atom stereocenters. The van der Waals surface area contributed by atoms with E-state index in [0.29, 0.717) is 29.4 Å². The molecule has 1 aliphatic heterocycles. The minimum absolute atomic E-state index is 0.0419. The van der Waals surface area contributed by atoms with E-state index >= 15 is 0 Å². The second-order valence-electron chi connectivity index (χ2n) is 9.66. The lowest BCUT2D eigenvalue weighted by molar-refractivity contribution is -0.132. The maximum atomic E-state index is 13.6. The fourth-order valence-electron chi connectivity index (χ4n) is 5.17. The molecule has 7 heteroatoms. The summed E-state index contributed by atoms with van der Waals surface area (Å²) >= 11 is 0. The minimum Gasteiger partial charge on any atom is -0.507 e. The number of fused-ring (bicyclic) bond motifs is 1. The number of amides is 1. The number of carbonyl (C=O) groups is 2. The summed E-state index contributed by atoms with van der Waals surface area (Å²) in [4.78, 5) is 32.0. The van der Waals surface area contributed by atoms with Crippen molar-refractivity contribution < 1.29 is 24.2 Å². The Balaban J connectivity index is 1.62. The fourth-order valence-corrected chi connectivity index (χ4v) is 5.17. The number of unbranched alkanes of at least 4 members (excludes halogenated alkanes) is 2. The van der Waals surface area contributed by atoms with Crippen LogP contribution in [0.25, 0.3) is 16.7 Å². The summed E-state index contributed by atoms with van der Waals surface area (Å²) in [5.41, 5.74) is 3.46. The van der Waals surface area contributed by atoms with Crippen molar-refractivity contribution in [2.24, 2.45) is 0 Å². The first-order valence-corrected chi connectivity index (χ1v) is 13.2. The summed E-state index contributed by atoms with van der Waals surface area (Å²) in [6, 6.07) is 20.8. The lowest BCUT2D eigenvalue weighted by atomic mass is 9.93. The summed E-state index contributed by atoms with van der Waals surface area (Å²) < 4.78 is 11.1. The largest absolute Gasteiger partial charge is 0.507 e. The van der Waals surface area contributed by atoms with Crippen LogP contribution in [0.15, 0.2) is 78.4 Å². The molecule has 1 aliphatic rings. The van der Waals surface area contributed by atoms with E-state index in [-0.39, 0.29) is 11.3 Å². The van der Waals surface area contributed by atoms with Gasteiger partial charge in [0, 0.05) is 33.4 Å². The average Bonchev–Trinajstić information content (AvgIpc) is 3.42. The van der Waals surface area contributed by atoms with Crippen molar-refractivity contribution in [3.05, 3.63) is 95.2 Å². The number of methoxy groups -OCH3 is 1. The van der Waals surface area contributed by atoms with Crippen LogP contribution in [-0.4, -0.2) is 35.5 Å². The van der Waals surface area contributed by atoms with Crippen LogP contribution in [-0.2, 0) is 9.59 Å². The number of benzene rings is 3. The van der Waals surface area contributed by atoms with Crippen molar-refractivity contribution in [2.45, 2.75) is 39.2 Å². The molecule has 4 aromatic rings. The van der Waals surface area contributed by atoms with Crippen molar-refractivity contribution in [3.63, 3.8) is 0 Å². The molecule has 7 nitrogen and oxygen atoms in total. The van der Waals surface area contributed by atoms with E-state index in [1.165, 1.54) is 4.90 Å². The topological polar surface area (TPSA) is 91.9 Å². The van der Waals surface area contributed by atoms with Crippen LogP contribution < -0.4 is 14.4 Å². The van der Waals surface area contributed by atoms with Crippen LogP contribution in [0.3, 0.4) is 0 Å². The van der Waals surface area contributed by atoms with E-state index in [4.69, 9.17) is 9.47 Å². The SMILES string of the molecule is CCCCCOc1ccc(/C(O)=C2\C(=O)C(=O)N(c3ccc(OC)cc3)C2c2c(C)[nH]c3ccccc23)cc1. The summed E-state index contributed by atoms with van der Waals surface area (Å²) in [7, 11) is 1.57. The third-order valence-electron chi connectivity index (χ3n) is 7.16. The molecule has 1 fully saturated rings. The number of H-pyrrole nitrogens is 1. The summed E-state index contributed by atoms with van der Waals surface area (Å²) in [5.74, 6) is -0.348. The van der Waals surface area contributed by atoms with Crippen molar-refractivity contribution in [1.82, 2.24) is 4.98 Å². The maximum absolute atomic E-state index is 13.6.